The third-order valence-corrected chi connectivity index (χ3v) is 7.74. The summed E-state index contributed by atoms with van der Waals surface area (Å²) in [5, 5.41) is 23.3. The largest absolute Gasteiger partial charge is 0.491 e. The monoisotopic (exact) mass is 668 g/mol. The molecule has 2 unspecified atom stereocenters. The van der Waals surface area contributed by atoms with Crippen LogP contribution in [0.25, 0.3) is 0 Å². The van der Waals surface area contributed by atoms with Crippen LogP contribution in [-0.2, 0) is 22.4 Å². The number of nitrogens with one attached hydrogen (secondary N) is 1. The Balaban J connectivity index is 1.49. The number of aliphatic hydroxyl groups excluding tert-OH is 1. The van der Waals surface area contributed by atoms with Gasteiger partial charge in [0.15, 0.2) is 0 Å². The summed E-state index contributed by atoms with van der Waals surface area (Å²) in [4.78, 5) is 27.0. The highest BCUT2D eigenvalue weighted by Gasteiger charge is 2.71. The average Bonchev–Trinajstić information content (AvgIpc) is 3.20. The number of imide groups is 1. The molecule has 8 nitrogen and oxygen atoms in total. The van der Waals surface area contributed by atoms with Crippen molar-refractivity contribution >= 4 is 11.9 Å². The van der Waals surface area contributed by atoms with Gasteiger partial charge in [-0.25, -0.2) is 4.79 Å². The number of nitrogens with zero attached hydrogens (tertiary/aromatic N) is 1. The maximum absolute atomic E-state index is 13.4. The van der Waals surface area contributed by atoms with Crippen molar-refractivity contribution in [3.8, 4) is 17.2 Å². The van der Waals surface area contributed by atoms with Crippen LogP contribution in [0.5, 0.6) is 17.2 Å². The van der Waals surface area contributed by atoms with Crippen LogP contribution in [0.1, 0.15) is 62.5 Å². The molecule has 0 saturated carbocycles. The van der Waals surface area contributed by atoms with Gasteiger partial charge < -0.3 is 25.0 Å². The Morgan fingerprint density at radius 2 is 1.47 bits per heavy atom. The van der Waals surface area contributed by atoms with E-state index < -0.39 is 47.1 Å². The van der Waals surface area contributed by atoms with Gasteiger partial charge in [0.2, 0.25) is 0 Å². The molecule has 0 aliphatic carbocycles. The van der Waals surface area contributed by atoms with Crippen LogP contribution >= 0.6 is 0 Å². The zero-order valence-electron chi connectivity index (χ0n) is 25.9. The molecule has 0 bridgehead atoms. The van der Waals surface area contributed by atoms with Gasteiger partial charge >= 0.3 is 18.4 Å². The van der Waals surface area contributed by atoms with Crippen molar-refractivity contribution in [1.29, 1.82) is 0 Å². The smallest absolute Gasteiger partial charge is 0.430 e. The predicted octanol–water partition coefficient (Wildman–Crippen LogP) is 7.03. The Labute approximate surface area is 266 Å². The summed E-state index contributed by atoms with van der Waals surface area (Å²) in [6.07, 6.45) is -13.0. The zero-order chi connectivity index (χ0) is 34.9. The molecule has 1 fully saturated rings. The van der Waals surface area contributed by atoms with Crippen LogP contribution in [0.15, 0.2) is 66.7 Å². The lowest BCUT2D eigenvalue weighted by molar-refractivity contribution is -0.376. The van der Waals surface area contributed by atoms with E-state index >= 15 is 0 Å². The normalized spacial score (nSPS) is 18.0. The van der Waals surface area contributed by atoms with Gasteiger partial charge in [-0.1, -0.05) is 43.7 Å². The zero-order valence-corrected chi connectivity index (χ0v) is 25.9. The molecule has 0 spiro atoms. The third kappa shape index (κ3) is 7.03. The number of carbonyl (C=O) groups is 2. The molecular formula is C33H34F6N2O6. The number of hydrogen-bond donors (Lipinski definition) is 3. The molecule has 1 aliphatic rings. The Bertz CT molecular complexity index is 1580. The van der Waals surface area contributed by atoms with Crippen molar-refractivity contribution in [2.45, 2.75) is 76.2 Å². The van der Waals surface area contributed by atoms with Crippen LogP contribution in [0.4, 0.5) is 31.1 Å². The third-order valence-electron chi connectivity index (χ3n) is 7.74. The minimum Gasteiger partial charge on any atom is -0.491 e. The van der Waals surface area contributed by atoms with Gasteiger partial charge in [0.05, 0.1) is 18.8 Å². The lowest BCUT2D eigenvalue weighted by Crippen LogP contribution is -2.53. The van der Waals surface area contributed by atoms with Crippen molar-refractivity contribution in [3.63, 3.8) is 0 Å². The number of rotatable bonds is 11. The van der Waals surface area contributed by atoms with E-state index in [1.807, 2.05) is 13.8 Å². The number of alkyl halides is 6. The number of hydrogen-bond acceptors (Lipinski definition) is 6. The van der Waals surface area contributed by atoms with Crippen LogP contribution in [0.3, 0.4) is 0 Å². The first-order valence-electron chi connectivity index (χ1n) is 14.7. The molecule has 1 aliphatic heterocycles. The van der Waals surface area contributed by atoms with Crippen LogP contribution < -0.4 is 14.8 Å². The van der Waals surface area contributed by atoms with Crippen LogP contribution in [0, 0.1) is 0 Å². The number of urea groups is 1. The van der Waals surface area contributed by atoms with Gasteiger partial charge in [-0.05, 0) is 80.3 Å². The molecule has 3 amide bonds. The minimum atomic E-state index is -6.03. The summed E-state index contributed by atoms with van der Waals surface area (Å²) in [5.41, 5.74) is -7.03. The highest BCUT2D eigenvalue weighted by atomic mass is 19.4. The lowest BCUT2D eigenvalue weighted by Gasteiger charge is -2.33. The number of amides is 3. The summed E-state index contributed by atoms with van der Waals surface area (Å²) >= 11 is 0. The molecule has 2 atom stereocenters. The molecule has 14 heteroatoms. The standard InChI is InChI=1S/C33H34F6N2O6/c1-5-6-21-17-23(31(45,32(34,35)36)33(37,38)39)11-16-27(21)47-25-12-7-20(8-13-25)26(42)18-41-28(43)30(4,40-29(41)44)22-9-14-24(15-10-22)46-19(2)3/h7-17,19,26,42,45H,5-6,18H2,1-4H3,(H,40,44). The van der Waals surface area contributed by atoms with E-state index in [1.54, 1.807) is 38.1 Å². The van der Waals surface area contributed by atoms with Crippen LogP contribution in [0.2, 0.25) is 0 Å². The van der Waals surface area contributed by atoms with E-state index in [9.17, 15) is 46.1 Å². The molecule has 1 saturated heterocycles. The molecule has 47 heavy (non-hydrogen) atoms. The molecule has 3 aromatic rings. The van der Waals surface area contributed by atoms with Crippen molar-refractivity contribution in [2.24, 2.45) is 0 Å². The maximum atomic E-state index is 13.4. The van der Waals surface area contributed by atoms with Gasteiger partial charge in [0, 0.05) is 5.56 Å². The average molecular weight is 669 g/mol. The van der Waals surface area contributed by atoms with Crippen LogP contribution in [-0.4, -0.2) is 52.1 Å². The molecule has 0 aromatic heterocycles. The second kappa shape index (κ2) is 13.1. The lowest BCUT2D eigenvalue weighted by atomic mass is 9.90. The topological polar surface area (TPSA) is 108 Å². The number of aliphatic hydroxyl groups is 2. The highest BCUT2D eigenvalue weighted by Crippen LogP contribution is 2.50. The van der Waals surface area contributed by atoms with E-state index in [0.29, 0.717) is 35.4 Å². The molecule has 3 N–H and O–H groups in total. The molecule has 254 valence electrons. The fourth-order valence-corrected chi connectivity index (χ4v) is 5.22. The Morgan fingerprint density at radius 3 is 2.00 bits per heavy atom. The van der Waals surface area contributed by atoms with E-state index in [2.05, 4.69) is 5.32 Å². The molecule has 1 heterocycles. The molecular weight excluding hydrogens is 634 g/mol. The second-order valence-corrected chi connectivity index (χ2v) is 11.6. The number of ether oxygens (including phenoxy) is 2. The van der Waals surface area contributed by atoms with E-state index in [1.165, 1.54) is 24.3 Å². The Morgan fingerprint density at radius 1 is 0.894 bits per heavy atom. The number of aryl methyl sites for hydroxylation is 1. The number of carbonyl (C=O) groups excluding carboxylic acids is 2. The predicted molar refractivity (Wildman–Crippen MR) is 158 cm³/mol. The summed E-state index contributed by atoms with van der Waals surface area (Å²) in [7, 11) is 0. The van der Waals surface area contributed by atoms with E-state index in [0.717, 1.165) is 11.0 Å². The fourth-order valence-electron chi connectivity index (χ4n) is 5.22. The fraction of sp³-hybridized carbons (Fsp3) is 0.394. The van der Waals surface area contributed by atoms with Crippen molar-refractivity contribution < 1.29 is 55.6 Å². The van der Waals surface area contributed by atoms with Gasteiger partial charge in [-0.3, -0.25) is 9.69 Å². The second-order valence-electron chi connectivity index (χ2n) is 11.6. The first-order chi connectivity index (χ1) is 21.8. The van der Waals surface area contributed by atoms with Crippen molar-refractivity contribution in [2.75, 3.05) is 6.54 Å². The van der Waals surface area contributed by atoms with E-state index in [4.69, 9.17) is 9.47 Å². The first-order valence-corrected chi connectivity index (χ1v) is 14.7. The SMILES string of the molecule is CCCc1cc(C(O)(C(F)(F)F)C(F)(F)F)ccc1Oc1ccc(C(O)CN2C(=O)NC(C)(c3ccc(OC(C)C)cc3)C2=O)cc1. The number of β-amino-alcohol motifs (C(OH)–C–C–N with tert-alkyl or cyclic N) is 1. The van der Waals surface area contributed by atoms with E-state index in [-0.39, 0.29) is 36.1 Å². The summed E-state index contributed by atoms with van der Waals surface area (Å²) in [6, 6.07) is 13.7. The summed E-state index contributed by atoms with van der Waals surface area (Å²) in [5.74, 6) is 0.129. The number of benzene rings is 3. The van der Waals surface area contributed by atoms with Gasteiger partial charge in [-0.2, -0.15) is 26.3 Å². The Hall–Kier alpha value is -4.30. The summed E-state index contributed by atoms with van der Waals surface area (Å²) in [6.45, 7) is 6.58. The molecule has 4 rings (SSSR count). The van der Waals surface area contributed by atoms with Gasteiger partial charge in [0.25, 0.3) is 11.5 Å². The Kier molecular flexibility index (Phi) is 9.89. The minimum absolute atomic E-state index is 0.00438. The molecule has 3 aromatic carbocycles. The maximum Gasteiger partial charge on any atom is 0.430 e. The number of halogens is 6. The highest BCUT2D eigenvalue weighted by molar-refractivity contribution is 6.07. The van der Waals surface area contributed by atoms with Gasteiger partial charge in [-0.15, -0.1) is 0 Å². The van der Waals surface area contributed by atoms with Crippen molar-refractivity contribution in [1.82, 2.24) is 10.2 Å². The molecule has 0 radical (unpaired) electrons. The van der Waals surface area contributed by atoms with Gasteiger partial charge in [0.1, 0.15) is 22.8 Å². The van der Waals surface area contributed by atoms with Crippen molar-refractivity contribution in [3.05, 3.63) is 89.0 Å². The summed E-state index contributed by atoms with van der Waals surface area (Å²) < 4.78 is 91.9. The first kappa shape index (κ1) is 35.6. The quantitative estimate of drug-likeness (QED) is 0.150.